The Balaban J connectivity index is 1.54. The molecule has 3 N–H and O–H groups in total. The lowest BCUT2D eigenvalue weighted by atomic mass is 10.1. The second-order valence-corrected chi connectivity index (χ2v) is 7.97. The maximum absolute atomic E-state index is 12.6. The Morgan fingerprint density at radius 1 is 1.31 bits per heavy atom. The van der Waals surface area contributed by atoms with Gasteiger partial charge in [-0.1, -0.05) is 15.9 Å². The highest BCUT2D eigenvalue weighted by Gasteiger charge is 2.40. The van der Waals surface area contributed by atoms with Crippen LogP contribution < -0.4 is 21.1 Å². The highest BCUT2D eigenvalue weighted by atomic mass is 79.9. The zero-order valence-corrected chi connectivity index (χ0v) is 16.3. The van der Waals surface area contributed by atoms with E-state index in [2.05, 4.69) is 68.9 Å². The van der Waals surface area contributed by atoms with E-state index in [1.54, 1.807) is 0 Å². The van der Waals surface area contributed by atoms with Crippen LogP contribution in [-0.2, 0) is 4.79 Å². The maximum atomic E-state index is 12.6. The summed E-state index contributed by atoms with van der Waals surface area (Å²) in [6.45, 7) is 5.58. The monoisotopic (exact) mass is 416 g/mol. The van der Waals surface area contributed by atoms with Gasteiger partial charge in [0.1, 0.15) is 12.5 Å². The van der Waals surface area contributed by atoms with Gasteiger partial charge in [-0.25, -0.2) is 5.43 Å². The van der Waals surface area contributed by atoms with Gasteiger partial charge in [0.2, 0.25) is 0 Å². The van der Waals surface area contributed by atoms with Crippen LogP contribution >= 0.6 is 15.9 Å². The molecule has 7 nitrogen and oxygen atoms in total. The van der Waals surface area contributed by atoms with Crippen LogP contribution in [0.4, 0.5) is 5.69 Å². The van der Waals surface area contributed by atoms with Crippen molar-refractivity contribution in [3.63, 3.8) is 0 Å². The van der Waals surface area contributed by atoms with Crippen LogP contribution in [0.2, 0.25) is 0 Å². The molecular formula is C18H21BrN6O. The van der Waals surface area contributed by atoms with Crippen molar-refractivity contribution in [2.24, 2.45) is 5.92 Å². The molecule has 0 spiro atoms. The maximum Gasteiger partial charge on any atom is 0.254 e. The number of aryl methyl sites for hydroxylation is 2. The number of nitriles is 1. The number of halogens is 1. The van der Waals surface area contributed by atoms with Crippen molar-refractivity contribution in [3.8, 4) is 6.07 Å². The molecular weight excluding hydrogens is 396 g/mol. The van der Waals surface area contributed by atoms with Gasteiger partial charge in [-0.15, -0.1) is 0 Å². The molecule has 0 radical (unpaired) electrons. The lowest BCUT2D eigenvalue weighted by Crippen LogP contribution is -2.66. The van der Waals surface area contributed by atoms with E-state index >= 15 is 0 Å². The van der Waals surface area contributed by atoms with Crippen LogP contribution in [0.1, 0.15) is 17.5 Å². The first-order chi connectivity index (χ1) is 12.5. The van der Waals surface area contributed by atoms with Crippen LogP contribution in [0.5, 0.6) is 0 Å². The Labute approximate surface area is 161 Å². The van der Waals surface area contributed by atoms with Crippen LogP contribution in [0.25, 0.3) is 0 Å². The van der Waals surface area contributed by atoms with Crippen molar-refractivity contribution in [2.45, 2.75) is 32.7 Å². The first-order valence-corrected chi connectivity index (χ1v) is 9.50. The molecule has 1 aromatic carbocycles. The molecule has 3 aliphatic heterocycles. The van der Waals surface area contributed by atoms with Crippen molar-refractivity contribution < 1.29 is 4.79 Å². The molecule has 3 atom stereocenters. The quantitative estimate of drug-likeness (QED) is 0.676. The lowest BCUT2D eigenvalue weighted by molar-refractivity contribution is -0.122. The molecule has 3 unspecified atom stereocenters. The minimum atomic E-state index is -0.262. The molecule has 0 bridgehead atoms. The molecule has 0 aromatic heterocycles. The number of benzene rings is 1. The number of hydrazine groups is 1. The third-order valence-corrected chi connectivity index (χ3v) is 5.62. The standard InChI is InChI=1S/C18H21BrN6O/c1-10-5-13(19)6-11(2)15(10)25-9-14-16(23-25)21-18(22-17(14)26)24-4-3-12(7-20)8-24/h5-6,9,12,16,18,21,23H,3-4,8H2,1-2H3,(H,22,26). The van der Waals surface area contributed by atoms with Gasteiger partial charge in [0, 0.05) is 23.8 Å². The lowest BCUT2D eigenvalue weighted by Gasteiger charge is -2.36. The molecule has 2 saturated heterocycles. The number of hydrogen-bond acceptors (Lipinski definition) is 6. The van der Waals surface area contributed by atoms with Crippen LogP contribution in [0, 0.1) is 31.1 Å². The van der Waals surface area contributed by atoms with Crippen molar-refractivity contribution in [1.82, 2.24) is 21.0 Å². The van der Waals surface area contributed by atoms with E-state index in [0.717, 1.165) is 34.3 Å². The number of hydrogen-bond donors (Lipinski definition) is 3. The Morgan fingerprint density at radius 3 is 2.69 bits per heavy atom. The normalized spacial score (nSPS) is 28.5. The molecule has 0 aliphatic carbocycles. The molecule has 26 heavy (non-hydrogen) atoms. The molecule has 3 aliphatic rings. The molecule has 2 fully saturated rings. The summed E-state index contributed by atoms with van der Waals surface area (Å²) in [5, 5.41) is 17.5. The number of anilines is 1. The Kier molecular flexibility index (Phi) is 4.49. The van der Waals surface area contributed by atoms with Gasteiger partial charge in [-0.3, -0.25) is 20.0 Å². The smallest absolute Gasteiger partial charge is 0.254 e. The van der Waals surface area contributed by atoms with E-state index in [4.69, 9.17) is 5.26 Å². The van der Waals surface area contributed by atoms with E-state index in [1.807, 2.05) is 11.2 Å². The fourth-order valence-electron chi connectivity index (χ4n) is 3.92. The Hall–Kier alpha value is -1.92. The second-order valence-electron chi connectivity index (χ2n) is 7.06. The number of carbonyl (C=O) groups is 1. The van der Waals surface area contributed by atoms with E-state index in [-0.39, 0.29) is 24.3 Å². The molecule has 4 rings (SSSR count). The number of carbonyl (C=O) groups excluding carboxylic acids is 1. The summed E-state index contributed by atoms with van der Waals surface area (Å²) in [5.74, 6) is -0.0479. The van der Waals surface area contributed by atoms with Gasteiger partial charge < -0.3 is 5.32 Å². The molecule has 0 saturated carbocycles. The van der Waals surface area contributed by atoms with Crippen LogP contribution in [0.3, 0.4) is 0 Å². The number of likely N-dealkylation sites (tertiary alicyclic amines) is 1. The van der Waals surface area contributed by atoms with Gasteiger partial charge in [0.15, 0.2) is 0 Å². The highest BCUT2D eigenvalue weighted by molar-refractivity contribution is 9.10. The number of rotatable bonds is 2. The van der Waals surface area contributed by atoms with Crippen LogP contribution in [0.15, 0.2) is 28.4 Å². The SMILES string of the molecule is Cc1cc(Br)cc(C)c1N1C=C2C(=O)NC(N3CCC(C#N)C3)NC2N1. The Morgan fingerprint density at radius 2 is 2.04 bits per heavy atom. The molecule has 3 heterocycles. The number of nitrogens with one attached hydrogen (secondary N) is 3. The first-order valence-electron chi connectivity index (χ1n) is 8.70. The topological polar surface area (TPSA) is 83.4 Å². The van der Waals surface area contributed by atoms with Gasteiger partial charge in [-0.2, -0.15) is 5.26 Å². The minimum Gasteiger partial charge on any atom is -0.324 e. The van der Waals surface area contributed by atoms with E-state index in [0.29, 0.717) is 12.1 Å². The average molecular weight is 417 g/mol. The summed E-state index contributed by atoms with van der Waals surface area (Å²) >= 11 is 3.52. The Bertz CT molecular complexity index is 808. The number of nitrogens with zero attached hydrogens (tertiary/aromatic N) is 3. The van der Waals surface area contributed by atoms with Crippen LogP contribution in [-0.4, -0.2) is 36.4 Å². The summed E-state index contributed by atoms with van der Waals surface area (Å²) in [4.78, 5) is 14.7. The predicted molar refractivity (Wildman–Crippen MR) is 101 cm³/mol. The zero-order chi connectivity index (χ0) is 18.4. The van der Waals surface area contributed by atoms with Gasteiger partial charge in [0.25, 0.3) is 5.91 Å². The third kappa shape index (κ3) is 3.01. The summed E-state index contributed by atoms with van der Waals surface area (Å²) in [5.41, 5.74) is 7.33. The van der Waals surface area contributed by atoms with Gasteiger partial charge >= 0.3 is 0 Å². The molecule has 1 amide bonds. The van der Waals surface area contributed by atoms with E-state index < -0.39 is 0 Å². The fraction of sp³-hybridized carbons (Fsp3) is 0.444. The summed E-state index contributed by atoms with van der Waals surface area (Å²) in [6.07, 6.45) is 2.18. The average Bonchev–Trinajstić information content (AvgIpc) is 3.20. The number of amides is 1. The fourth-order valence-corrected chi connectivity index (χ4v) is 4.61. The molecule has 136 valence electrons. The predicted octanol–water partition coefficient (Wildman–Crippen LogP) is 1.45. The van der Waals surface area contributed by atoms with Gasteiger partial charge in [0.05, 0.1) is 23.2 Å². The van der Waals surface area contributed by atoms with E-state index in [1.165, 1.54) is 0 Å². The van der Waals surface area contributed by atoms with Crippen molar-refractivity contribution in [2.75, 3.05) is 18.1 Å². The minimum absolute atomic E-state index is 0.0340. The molecule has 8 heteroatoms. The number of fused-ring (bicyclic) bond motifs is 1. The van der Waals surface area contributed by atoms with Crippen molar-refractivity contribution in [3.05, 3.63) is 39.5 Å². The highest BCUT2D eigenvalue weighted by Crippen LogP contribution is 2.31. The third-order valence-electron chi connectivity index (χ3n) is 5.17. The second kappa shape index (κ2) is 6.67. The molecule has 1 aromatic rings. The summed E-state index contributed by atoms with van der Waals surface area (Å²) < 4.78 is 1.04. The first kappa shape index (κ1) is 17.5. The van der Waals surface area contributed by atoms with Gasteiger partial charge in [-0.05, 0) is 43.5 Å². The van der Waals surface area contributed by atoms with Crippen molar-refractivity contribution in [1.29, 1.82) is 5.26 Å². The summed E-state index contributed by atoms with van der Waals surface area (Å²) in [7, 11) is 0. The van der Waals surface area contributed by atoms with E-state index in [9.17, 15) is 4.79 Å². The summed E-state index contributed by atoms with van der Waals surface area (Å²) in [6, 6.07) is 6.44. The van der Waals surface area contributed by atoms with Crippen molar-refractivity contribution >= 4 is 27.5 Å². The zero-order valence-electron chi connectivity index (χ0n) is 14.7. The largest absolute Gasteiger partial charge is 0.324 e.